The Labute approximate surface area is 74.4 Å². The van der Waals surface area contributed by atoms with Crippen molar-refractivity contribution in [3.05, 3.63) is 35.6 Å². The smallest absolute Gasteiger partial charge is 0.220 e. The highest BCUT2D eigenvalue weighted by atomic mass is 19.1. The molecule has 70 valence electrons. The van der Waals surface area contributed by atoms with E-state index in [0.717, 1.165) is 12.1 Å². The molecule has 0 bridgehead atoms. The van der Waals surface area contributed by atoms with Gasteiger partial charge in [-0.3, -0.25) is 4.79 Å². The third-order valence-electron chi connectivity index (χ3n) is 1.61. The Morgan fingerprint density at radius 2 is 1.92 bits per heavy atom. The molecular formula is C9H9F2NO. The molecule has 0 aliphatic carbocycles. The van der Waals surface area contributed by atoms with Crippen LogP contribution >= 0.6 is 0 Å². The van der Waals surface area contributed by atoms with Crippen LogP contribution in [-0.2, 0) is 4.79 Å². The zero-order valence-electron chi connectivity index (χ0n) is 6.84. The fraction of sp³-hybridized carbons (Fsp3) is 0.222. The quantitative estimate of drug-likeness (QED) is 0.765. The Bertz CT molecular complexity index is 297. The van der Waals surface area contributed by atoms with E-state index in [2.05, 4.69) is 0 Å². The molecule has 0 saturated heterocycles. The summed E-state index contributed by atoms with van der Waals surface area (Å²) >= 11 is 0. The molecule has 0 heterocycles. The van der Waals surface area contributed by atoms with Crippen LogP contribution in [0.3, 0.4) is 0 Å². The van der Waals surface area contributed by atoms with Gasteiger partial charge in [-0.1, -0.05) is 12.1 Å². The Morgan fingerprint density at radius 1 is 1.38 bits per heavy atom. The number of hydrogen-bond acceptors (Lipinski definition) is 1. The van der Waals surface area contributed by atoms with E-state index in [1.54, 1.807) is 0 Å². The van der Waals surface area contributed by atoms with Crippen LogP contribution in [0.15, 0.2) is 24.3 Å². The van der Waals surface area contributed by atoms with E-state index in [-0.39, 0.29) is 12.0 Å². The first-order chi connectivity index (χ1) is 6.09. The van der Waals surface area contributed by atoms with Crippen LogP contribution in [0.2, 0.25) is 0 Å². The molecule has 0 saturated carbocycles. The summed E-state index contributed by atoms with van der Waals surface area (Å²) in [7, 11) is 0. The molecule has 13 heavy (non-hydrogen) atoms. The van der Waals surface area contributed by atoms with Gasteiger partial charge in [0.2, 0.25) is 5.91 Å². The van der Waals surface area contributed by atoms with E-state index in [1.165, 1.54) is 12.1 Å². The highest BCUT2D eigenvalue weighted by Crippen LogP contribution is 2.20. The molecule has 0 fully saturated rings. The second-order valence-corrected chi connectivity index (χ2v) is 2.69. The lowest BCUT2D eigenvalue weighted by atomic mass is 10.1. The summed E-state index contributed by atoms with van der Waals surface area (Å²) < 4.78 is 25.5. The molecular weight excluding hydrogens is 176 g/mol. The summed E-state index contributed by atoms with van der Waals surface area (Å²) in [6.07, 6.45) is -1.82. The summed E-state index contributed by atoms with van der Waals surface area (Å²) in [4.78, 5) is 10.4. The number of hydrogen-bond donors (Lipinski definition) is 1. The Balaban J connectivity index is 2.71. The number of carbonyl (C=O) groups is 1. The fourth-order valence-electron chi connectivity index (χ4n) is 0.966. The van der Waals surface area contributed by atoms with Gasteiger partial charge in [0.25, 0.3) is 0 Å². The minimum Gasteiger partial charge on any atom is -0.370 e. The van der Waals surface area contributed by atoms with Crippen molar-refractivity contribution in [3.8, 4) is 0 Å². The molecule has 0 aliphatic rings. The molecule has 4 heteroatoms. The summed E-state index contributed by atoms with van der Waals surface area (Å²) in [5.41, 5.74) is 5.07. The van der Waals surface area contributed by atoms with Gasteiger partial charge in [-0.2, -0.15) is 0 Å². The van der Waals surface area contributed by atoms with Gasteiger partial charge in [-0.15, -0.1) is 0 Å². The molecule has 0 aliphatic heterocycles. The Morgan fingerprint density at radius 3 is 2.38 bits per heavy atom. The maximum atomic E-state index is 13.1. The third-order valence-corrected chi connectivity index (χ3v) is 1.61. The molecule has 2 N–H and O–H groups in total. The zero-order valence-corrected chi connectivity index (χ0v) is 6.84. The molecule has 1 amide bonds. The van der Waals surface area contributed by atoms with Gasteiger partial charge >= 0.3 is 0 Å². The minimum atomic E-state index is -1.45. The maximum absolute atomic E-state index is 13.1. The predicted molar refractivity (Wildman–Crippen MR) is 44.1 cm³/mol. The van der Waals surface area contributed by atoms with Crippen LogP contribution in [0.5, 0.6) is 0 Å². The normalized spacial score (nSPS) is 12.5. The van der Waals surface area contributed by atoms with Crippen molar-refractivity contribution in [2.45, 2.75) is 12.6 Å². The van der Waals surface area contributed by atoms with E-state index in [9.17, 15) is 13.6 Å². The van der Waals surface area contributed by atoms with Gasteiger partial charge in [0, 0.05) is 0 Å². The molecule has 0 spiro atoms. The number of rotatable bonds is 3. The number of halogens is 2. The van der Waals surface area contributed by atoms with E-state index in [4.69, 9.17) is 5.73 Å². The van der Waals surface area contributed by atoms with Crippen LogP contribution in [0.4, 0.5) is 8.78 Å². The van der Waals surface area contributed by atoms with Crippen molar-refractivity contribution in [1.82, 2.24) is 0 Å². The van der Waals surface area contributed by atoms with E-state index >= 15 is 0 Å². The maximum Gasteiger partial charge on any atom is 0.220 e. The van der Waals surface area contributed by atoms with Crippen LogP contribution in [0.25, 0.3) is 0 Å². The lowest BCUT2D eigenvalue weighted by Crippen LogP contribution is -2.13. The SMILES string of the molecule is NC(=O)CC(F)c1ccc(F)cc1. The number of alkyl halides is 1. The number of carbonyl (C=O) groups excluding carboxylic acids is 1. The Kier molecular flexibility index (Phi) is 2.95. The number of primary amides is 1. The van der Waals surface area contributed by atoms with Gasteiger partial charge in [0.1, 0.15) is 12.0 Å². The first-order valence-electron chi connectivity index (χ1n) is 3.77. The zero-order chi connectivity index (χ0) is 9.84. The summed E-state index contributed by atoms with van der Waals surface area (Å²) in [6, 6.07) is 4.87. The van der Waals surface area contributed by atoms with Crippen LogP contribution in [-0.4, -0.2) is 5.91 Å². The molecule has 1 atom stereocenters. The van der Waals surface area contributed by atoms with Gasteiger partial charge in [-0.05, 0) is 17.7 Å². The predicted octanol–water partition coefficient (Wildman–Crippen LogP) is 1.71. The van der Waals surface area contributed by atoms with Crippen LogP contribution in [0, 0.1) is 5.82 Å². The molecule has 1 unspecified atom stereocenters. The number of amides is 1. The highest BCUT2D eigenvalue weighted by molar-refractivity contribution is 5.74. The van der Waals surface area contributed by atoms with Crippen molar-refractivity contribution >= 4 is 5.91 Å². The molecule has 1 aromatic rings. The highest BCUT2D eigenvalue weighted by Gasteiger charge is 2.12. The van der Waals surface area contributed by atoms with Crippen LogP contribution in [0.1, 0.15) is 18.2 Å². The van der Waals surface area contributed by atoms with Crippen molar-refractivity contribution in [2.75, 3.05) is 0 Å². The van der Waals surface area contributed by atoms with Gasteiger partial charge in [0.15, 0.2) is 0 Å². The van der Waals surface area contributed by atoms with E-state index < -0.39 is 17.9 Å². The van der Waals surface area contributed by atoms with E-state index in [1.807, 2.05) is 0 Å². The average Bonchev–Trinajstić information content (AvgIpc) is 2.04. The molecule has 0 aromatic heterocycles. The number of nitrogens with two attached hydrogens (primary N) is 1. The van der Waals surface area contributed by atoms with Gasteiger partial charge in [-0.25, -0.2) is 8.78 Å². The third kappa shape index (κ3) is 2.82. The molecule has 2 nitrogen and oxygen atoms in total. The lowest BCUT2D eigenvalue weighted by molar-refractivity contribution is -0.119. The van der Waals surface area contributed by atoms with Crippen molar-refractivity contribution in [1.29, 1.82) is 0 Å². The van der Waals surface area contributed by atoms with Crippen molar-refractivity contribution in [2.24, 2.45) is 5.73 Å². The fourth-order valence-corrected chi connectivity index (χ4v) is 0.966. The van der Waals surface area contributed by atoms with Crippen molar-refractivity contribution in [3.63, 3.8) is 0 Å². The Hall–Kier alpha value is -1.45. The topological polar surface area (TPSA) is 43.1 Å². The van der Waals surface area contributed by atoms with Crippen LogP contribution < -0.4 is 5.73 Å². The summed E-state index contributed by atoms with van der Waals surface area (Å²) in [5, 5.41) is 0. The van der Waals surface area contributed by atoms with Gasteiger partial charge in [0.05, 0.1) is 6.42 Å². The molecule has 0 radical (unpaired) electrons. The number of benzene rings is 1. The molecule has 1 rings (SSSR count). The minimum absolute atomic E-state index is 0.264. The summed E-state index contributed by atoms with van der Waals surface area (Å²) in [5.74, 6) is -1.15. The first kappa shape index (κ1) is 9.64. The second kappa shape index (κ2) is 3.98. The first-order valence-corrected chi connectivity index (χ1v) is 3.77. The summed E-state index contributed by atoms with van der Waals surface area (Å²) in [6.45, 7) is 0. The second-order valence-electron chi connectivity index (χ2n) is 2.69. The van der Waals surface area contributed by atoms with E-state index in [0.29, 0.717) is 0 Å². The monoisotopic (exact) mass is 185 g/mol. The average molecular weight is 185 g/mol. The van der Waals surface area contributed by atoms with Crippen molar-refractivity contribution < 1.29 is 13.6 Å². The standard InChI is InChI=1S/C9H9F2NO/c10-7-3-1-6(2-4-7)8(11)5-9(12)13/h1-4,8H,5H2,(H2,12,13). The largest absolute Gasteiger partial charge is 0.370 e. The lowest BCUT2D eigenvalue weighted by Gasteiger charge is -2.04. The molecule has 1 aromatic carbocycles. The van der Waals surface area contributed by atoms with Gasteiger partial charge < -0.3 is 5.73 Å².